The third-order valence-electron chi connectivity index (χ3n) is 4.22. The normalized spacial score (nSPS) is 11.7. The average molecular weight is 498 g/mol. The van der Waals surface area contributed by atoms with E-state index >= 15 is 0 Å². The van der Waals surface area contributed by atoms with Crippen LogP contribution in [0, 0.1) is 0 Å². The summed E-state index contributed by atoms with van der Waals surface area (Å²) in [6, 6.07) is 4.67. The number of ketones is 1. The molecule has 1 atom stereocenters. The molecule has 0 aromatic heterocycles. The van der Waals surface area contributed by atoms with Gasteiger partial charge in [-0.2, -0.15) is 10.2 Å². The van der Waals surface area contributed by atoms with E-state index in [1.807, 2.05) is 6.92 Å². The molecule has 11 heteroatoms. The maximum absolute atomic E-state index is 12.9. The molecule has 178 valence electrons. The maximum Gasteiger partial charge on any atom is 0.258 e. The predicted octanol–water partition coefficient (Wildman–Crippen LogP) is 5.49. The summed E-state index contributed by atoms with van der Waals surface area (Å²) in [6.07, 6.45) is 0. The van der Waals surface area contributed by atoms with Gasteiger partial charge in [0.15, 0.2) is 23.0 Å². The van der Waals surface area contributed by atoms with E-state index in [9.17, 15) is 9.59 Å². The molecule has 0 aliphatic heterocycles. The van der Waals surface area contributed by atoms with Gasteiger partial charge in [0.05, 0.1) is 38.1 Å². The zero-order valence-electron chi connectivity index (χ0n) is 18.9. The molecule has 0 saturated carbocycles. The number of anilines is 1. The van der Waals surface area contributed by atoms with Crippen LogP contribution in [-0.2, 0) is 9.59 Å². The minimum Gasteiger partial charge on any atom is -0.497 e. The van der Waals surface area contributed by atoms with Crippen LogP contribution in [0.25, 0.3) is 0 Å². The minimum absolute atomic E-state index is 0.208. The maximum atomic E-state index is 12.9. The van der Waals surface area contributed by atoms with Crippen molar-refractivity contribution < 1.29 is 28.5 Å². The number of ether oxygens (including phenoxy) is 4. The van der Waals surface area contributed by atoms with Crippen molar-refractivity contribution >= 4 is 46.3 Å². The molecule has 1 N–H and O–H groups in total. The molecule has 0 heterocycles. The average Bonchev–Trinajstić information content (AvgIpc) is 2.75. The van der Waals surface area contributed by atoms with Crippen molar-refractivity contribution in [3.8, 4) is 23.0 Å². The van der Waals surface area contributed by atoms with E-state index in [0.717, 1.165) is 0 Å². The molecule has 0 bridgehead atoms. The van der Waals surface area contributed by atoms with Crippen molar-refractivity contribution in [2.45, 2.75) is 26.8 Å². The Kier molecular flexibility index (Phi) is 9.74. The second-order valence-electron chi connectivity index (χ2n) is 6.53. The molecule has 9 nitrogen and oxygen atoms in total. The monoisotopic (exact) mass is 497 g/mol. The number of azo groups is 1. The zero-order valence-corrected chi connectivity index (χ0v) is 20.4. The molecule has 2 aromatic carbocycles. The summed E-state index contributed by atoms with van der Waals surface area (Å²) in [5, 5.41) is 11.2. The fourth-order valence-electron chi connectivity index (χ4n) is 2.81. The first kappa shape index (κ1) is 26.2. The first-order chi connectivity index (χ1) is 15.7. The van der Waals surface area contributed by atoms with Crippen molar-refractivity contribution in [1.82, 2.24) is 0 Å². The van der Waals surface area contributed by atoms with Gasteiger partial charge in [-0.1, -0.05) is 23.2 Å². The van der Waals surface area contributed by atoms with E-state index in [-0.39, 0.29) is 22.1 Å². The minimum atomic E-state index is -1.45. The number of benzene rings is 2. The van der Waals surface area contributed by atoms with E-state index < -0.39 is 17.7 Å². The first-order valence-corrected chi connectivity index (χ1v) is 10.7. The SMILES string of the molecule is CCOc1cc(Cl)cc(N=NC(C(C)=O)C(=O)Nc2cc(OC)cc(Cl)c2OC)c1OCC. The molecule has 2 rings (SSSR count). The molecular weight excluding hydrogens is 473 g/mol. The van der Waals surface area contributed by atoms with Gasteiger partial charge in [0.25, 0.3) is 5.91 Å². The van der Waals surface area contributed by atoms with E-state index in [4.69, 9.17) is 42.1 Å². The van der Waals surface area contributed by atoms with Crippen molar-refractivity contribution in [2.24, 2.45) is 10.2 Å². The summed E-state index contributed by atoms with van der Waals surface area (Å²) in [5.41, 5.74) is 0.429. The summed E-state index contributed by atoms with van der Waals surface area (Å²) in [6.45, 7) is 5.54. The van der Waals surface area contributed by atoms with E-state index in [1.165, 1.54) is 39.3 Å². The molecule has 33 heavy (non-hydrogen) atoms. The number of amides is 1. The smallest absolute Gasteiger partial charge is 0.258 e. The lowest BCUT2D eigenvalue weighted by Gasteiger charge is -2.15. The van der Waals surface area contributed by atoms with Gasteiger partial charge in [-0.25, -0.2) is 0 Å². The summed E-state index contributed by atoms with van der Waals surface area (Å²) in [5.74, 6) is 0.00527. The molecular formula is C22H25Cl2N3O6. The Hall–Kier alpha value is -3.04. The Morgan fingerprint density at radius 1 is 1.00 bits per heavy atom. The van der Waals surface area contributed by atoms with Crippen LogP contribution in [0.1, 0.15) is 20.8 Å². The van der Waals surface area contributed by atoms with E-state index in [0.29, 0.717) is 35.5 Å². The number of methoxy groups -OCH3 is 2. The molecule has 0 aliphatic rings. The van der Waals surface area contributed by atoms with Crippen LogP contribution in [-0.4, -0.2) is 45.2 Å². The number of nitrogens with one attached hydrogen (secondary N) is 1. The molecule has 0 radical (unpaired) electrons. The summed E-state index contributed by atoms with van der Waals surface area (Å²) in [4.78, 5) is 25.1. The Balaban J connectivity index is 2.40. The Morgan fingerprint density at radius 3 is 2.27 bits per heavy atom. The Labute approximate surface area is 202 Å². The molecule has 0 spiro atoms. The quantitative estimate of drug-likeness (QED) is 0.324. The third-order valence-corrected chi connectivity index (χ3v) is 4.72. The molecule has 0 fully saturated rings. The van der Waals surface area contributed by atoms with Gasteiger partial charge in [0, 0.05) is 23.2 Å². The third kappa shape index (κ3) is 6.72. The fraction of sp³-hybridized carbons (Fsp3) is 0.364. The van der Waals surface area contributed by atoms with Gasteiger partial charge in [-0.05, 0) is 26.8 Å². The number of carbonyl (C=O) groups excluding carboxylic acids is 2. The highest BCUT2D eigenvalue weighted by atomic mass is 35.5. The van der Waals surface area contributed by atoms with Crippen LogP contribution in [0.4, 0.5) is 11.4 Å². The number of Topliss-reactive ketones (excluding diaryl/α,β-unsaturated/α-hetero) is 1. The second-order valence-corrected chi connectivity index (χ2v) is 7.37. The van der Waals surface area contributed by atoms with Crippen molar-refractivity contribution in [3.05, 3.63) is 34.3 Å². The van der Waals surface area contributed by atoms with E-state index in [2.05, 4.69) is 15.5 Å². The lowest BCUT2D eigenvalue weighted by Crippen LogP contribution is -2.32. The Morgan fingerprint density at radius 2 is 1.70 bits per heavy atom. The summed E-state index contributed by atoms with van der Waals surface area (Å²) in [7, 11) is 2.85. The zero-order chi connectivity index (χ0) is 24.5. The summed E-state index contributed by atoms with van der Waals surface area (Å²) < 4.78 is 21.6. The lowest BCUT2D eigenvalue weighted by molar-refractivity contribution is -0.126. The molecule has 0 saturated heterocycles. The largest absolute Gasteiger partial charge is 0.497 e. The van der Waals surface area contributed by atoms with Crippen LogP contribution in [0.2, 0.25) is 10.0 Å². The number of rotatable bonds is 11. The van der Waals surface area contributed by atoms with Crippen molar-refractivity contribution in [2.75, 3.05) is 32.8 Å². The molecule has 1 amide bonds. The number of nitrogens with zero attached hydrogens (tertiary/aromatic N) is 2. The van der Waals surface area contributed by atoms with Crippen LogP contribution >= 0.6 is 23.2 Å². The highest BCUT2D eigenvalue weighted by molar-refractivity contribution is 6.33. The molecule has 1 unspecified atom stereocenters. The highest BCUT2D eigenvalue weighted by Crippen LogP contribution is 2.41. The van der Waals surface area contributed by atoms with Crippen LogP contribution in [0.15, 0.2) is 34.5 Å². The van der Waals surface area contributed by atoms with Crippen LogP contribution < -0.4 is 24.3 Å². The second kappa shape index (κ2) is 12.3. The highest BCUT2D eigenvalue weighted by Gasteiger charge is 2.25. The van der Waals surface area contributed by atoms with Gasteiger partial charge in [0.2, 0.25) is 6.04 Å². The first-order valence-electron chi connectivity index (χ1n) is 9.98. The fourth-order valence-corrected chi connectivity index (χ4v) is 3.30. The van der Waals surface area contributed by atoms with Crippen molar-refractivity contribution in [3.63, 3.8) is 0 Å². The van der Waals surface area contributed by atoms with Gasteiger partial charge in [-0.15, -0.1) is 0 Å². The van der Waals surface area contributed by atoms with Gasteiger partial charge < -0.3 is 24.3 Å². The van der Waals surface area contributed by atoms with Crippen LogP contribution in [0.5, 0.6) is 23.0 Å². The van der Waals surface area contributed by atoms with Gasteiger partial charge in [-0.3, -0.25) is 9.59 Å². The van der Waals surface area contributed by atoms with Gasteiger partial charge >= 0.3 is 0 Å². The lowest BCUT2D eigenvalue weighted by atomic mass is 10.2. The Bertz CT molecular complexity index is 1050. The topological polar surface area (TPSA) is 108 Å². The predicted molar refractivity (Wildman–Crippen MR) is 126 cm³/mol. The standard InChI is InChI=1S/C22H25Cl2N3O6/c1-6-32-18-9-13(23)8-17(21(18)33-7-2)26-27-19(12(3)28)22(29)25-16-11-14(30-4)10-15(24)20(16)31-5/h8-11,19H,6-7H2,1-5H3,(H,25,29). The number of carbonyl (C=O) groups is 2. The number of hydrogen-bond acceptors (Lipinski definition) is 8. The van der Waals surface area contributed by atoms with Gasteiger partial charge in [0.1, 0.15) is 11.4 Å². The van der Waals surface area contributed by atoms with E-state index in [1.54, 1.807) is 13.0 Å². The number of halogens is 2. The summed E-state index contributed by atoms with van der Waals surface area (Å²) >= 11 is 12.3. The van der Waals surface area contributed by atoms with Crippen molar-refractivity contribution in [1.29, 1.82) is 0 Å². The van der Waals surface area contributed by atoms with Crippen LogP contribution in [0.3, 0.4) is 0 Å². The molecule has 2 aromatic rings. The number of hydrogen-bond donors (Lipinski definition) is 1. The molecule has 0 aliphatic carbocycles.